The first-order valence-corrected chi connectivity index (χ1v) is 12.6. The molecule has 6 aliphatic rings. The minimum atomic E-state index is -0.894. The van der Waals surface area contributed by atoms with Crippen molar-refractivity contribution in [3.05, 3.63) is 0 Å². The van der Waals surface area contributed by atoms with Gasteiger partial charge in [-0.1, -0.05) is 13.8 Å². The molecule has 0 radical (unpaired) electrons. The van der Waals surface area contributed by atoms with Gasteiger partial charge in [-0.3, -0.25) is 9.80 Å². The number of hydrogen-bond donors (Lipinski definition) is 0. The zero-order chi connectivity index (χ0) is 20.4. The molecule has 0 aromatic heterocycles. The predicted molar refractivity (Wildman–Crippen MR) is 118 cm³/mol. The number of piperidine rings is 2. The highest BCUT2D eigenvalue weighted by Crippen LogP contribution is 2.58. The number of alkyl halides is 1. The van der Waals surface area contributed by atoms with Crippen molar-refractivity contribution in [1.82, 2.24) is 14.7 Å². The molecule has 0 aromatic carbocycles. The van der Waals surface area contributed by atoms with Gasteiger partial charge in [-0.2, -0.15) is 0 Å². The molecule has 166 valence electrons. The van der Waals surface area contributed by atoms with E-state index < -0.39 is 5.67 Å². The number of halogens is 1. The average molecular weight is 406 g/mol. The number of hydrogen-bond acceptors (Lipinski definition) is 3. The molecule has 1 spiro atoms. The third kappa shape index (κ3) is 4.03. The van der Waals surface area contributed by atoms with Gasteiger partial charge in [0.2, 0.25) is 0 Å². The van der Waals surface area contributed by atoms with Crippen LogP contribution in [-0.4, -0.2) is 77.8 Å². The van der Waals surface area contributed by atoms with Gasteiger partial charge >= 0.3 is 0 Å². The molecule has 4 heteroatoms. The van der Waals surface area contributed by atoms with Gasteiger partial charge < -0.3 is 4.90 Å². The monoisotopic (exact) mass is 405 g/mol. The first-order valence-electron chi connectivity index (χ1n) is 12.6. The molecule has 0 amide bonds. The third-order valence-electron chi connectivity index (χ3n) is 9.22. The van der Waals surface area contributed by atoms with Gasteiger partial charge in [0.1, 0.15) is 5.67 Å². The number of likely N-dealkylation sites (tertiary alicyclic amines) is 1. The number of piperazine rings is 1. The van der Waals surface area contributed by atoms with Crippen molar-refractivity contribution in [2.24, 2.45) is 16.7 Å². The van der Waals surface area contributed by atoms with Gasteiger partial charge in [-0.25, -0.2) is 4.39 Å². The van der Waals surface area contributed by atoms with Crippen molar-refractivity contribution in [2.45, 2.75) is 103 Å². The van der Waals surface area contributed by atoms with Gasteiger partial charge in [0.15, 0.2) is 0 Å². The molecule has 6 fully saturated rings. The van der Waals surface area contributed by atoms with E-state index in [4.69, 9.17) is 0 Å². The molecular weight excluding hydrogens is 361 g/mol. The fourth-order valence-electron chi connectivity index (χ4n) is 7.71. The van der Waals surface area contributed by atoms with Gasteiger partial charge in [0.05, 0.1) is 0 Å². The van der Waals surface area contributed by atoms with Crippen LogP contribution in [0.5, 0.6) is 0 Å². The highest BCUT2D eigenvalue weighted by molar-refractivity contribution is 5.12. The molecule has 29 heavy (non-hydrogen) atoms. The lowest BCUT2D eigenvalue weighted by molar-refractivity contribution is -0.157. The summed E-state index contributed by atoms with van der Waals surface area (Å²) >= 11 is 0. The maximum atomic E-state index is 15.6. The summed E-state index contributed by atoms with van der Waals surface area (Å²) in [6.07, 6.45) is 9.69. The Balaban J connectivity index is 1.09. The van der Waals surface area contributed by atoms with E-state index in [0.717, 1.165) is 25.3 Å². The highest BCUT2D eigenvalue weighted by atomic mass is 19.1. The number of rotatable bonds is 7. The second-order valence-electron chi connectivity index (χ2n) is 12.6. The standard InChI is InChI=1S/C25H44FN3/c1-19(2)12-23(5-6-23)17-27-13-21-11-22(14-27)29(21)18-25(26)15-24(16-25)7-9-28(10-8-24)20(3)4/h19-22H,5-18H2,1-4H3. The van der Waals surface area contributed by atoms with E-state index in [9.17, 15) is 0 Å². The Morgan fingerprint density at radius 2 is 1.52 bits per heavy atom. The van der Waals surface area contributed by atoms with Crippen LogP contribution in [0.4, 0.5) is 4.39 Å². The Bertz CT molecular complexity index is 585. The van der Waals surface area contributed by atoms with Gasteiger partial charge in [0.25, 0.3) is 0 Å². The Morgan fingerprint density at radius 1 is 0.897 bits per heavy atom. The Labute approximate surface area is 178 Å². The predicted octanol–water partition coefficient (Wildman–Crippen LogP) is 4.56. The van der Waals surface area contributed by atoms with E-state index in [1.165, 1.54) is 71.2 Å². The van der Waals surface area contributed by atoms with Gasteiger partial charge in [-0.15, -0.1) is 0 Å². The summed E-state index contributed by atoms with van der Waals surface area (Å²) in [5, 5.41) is 0. The largest absolute Gasteiger partial charge is 0.301 e. The minimum Gasteiger partial charge on any atom is -0.301 e. The van der Waals surface area contributed by atoms with Crippen molar-refractivity contribution < 1.29 is 4.39 Å². The average Bonchev–Trinajstić information content (AvgIpc) is 3.37. The lowest BCUT2D eigenvalue weighted by Crippen LogP contribution is -2.72. The molecule has 2 aliphatic carbocycles. The summed E-state index contributed by atoms with van der Waals surface area (Å²) in [6, 6.07) is 1.91. The molecular formula is C25H44FN3. The Morgan fingerprint density at radius 3 is 2.03 bits per heavy atom. The van der Waals surface area contributed by atoms with Gasteiger partial charge in [0, 0.05) is 44.3 Å². The molecule has 2 bridgehead atoms. The van der Waals surface area contributed by atoms with Crippen molar-refractivity contribution in [3.8, 4) is 0 Å². The Hall–Kier alpha value is -0.190. The lowest BCUT2D eigenvalue weighted by atomic mass is 9.55. The zero-order valence-corrected chi connectivity index (χ0v) is 19.4. The van der Waals surface area contributed by atoms with E-state index in [1.54, 1.807) is 0 Å². The quantitative estimate of drug-likeness (QED) is 0.615. The van der Waals surface area contributed by atoms with E-state index in [-0.39, 0.29) is 0 Å². The first-order chi connectivity index (χ1) is 13.7. The second-order valence-corrected chi connectivity index (χ2v) is 12.6. The molecule has 3 nitrogen and oxygen atoms in total. The van der Waals surface area contributed by atoms with Crippen LogP contribution in [0, 0.1) is 16.7 Å². The number of fused-ring (bicyclic) bond motifs is 2. The molecule has 2 saturated carbocycles. The van der Waals surface area contributed by atoms with Crippen LogP contribution in [0.3, 0.4) is 0 Å². The molecule has 4 heterocycles. The first kappa shape index (κ1) is 20.7. The highest BCUT2D eigenvalue weighted by Gasteiger charge is 2.59. The Kier molecular flexibility index (Phi) is 5.12. The minimum absolute atomic E-state index is 0.335. The molecule has 6 rings (SSSR count). The van der Waals surface area contributed by atoms with Crippen LogP contribution in [-0.2, 0) is 0 Å². The van der Waals surface area contributed by atoms with Crippen LogP contribution in [0.15, 0.2) is 0 Å². The van der Waals surface area contributed by atoms with Crippen LogP contribution in [0.25, 0.3) is 0 Å². The van der Waals surface area contributed by atoms with Crippen molar-refractivity contribution in [3.63, 3.8) is 0 Å². The summed E-state index contributed by atoms with van der Waals surface area (Å²) in [5.74, 6) is 0.818. The van der Waals surface area contributed by atoms with Crippen molar-refractivity contribution >= 4 is 0 Å². The maximum absolute atomic E-state index is 15.6. The lowest BCUT2D eigenvalue weighted by Gasteiger charge is -2.62. The fourth-order valence-corrected chi connectivity index (χ4v) is 7.71. The summed E-state index contributed by atoms with van der Waals surface area (Å²) in [6.45, 7) is 16.1. The molecule has 2 unspecified atom stereocenters. The van der Waals surface area contributed by atoms with Gasteiger partial charge in [-0.05, 0) is 95.1 Å². The van der Waals surface area contributed by atoms with Crippen molar-refractivity contribution in [2.75, 3.05) is 39.3 Å². The van der Waals surface area contributed by atoms with Crippen LogP contribution < -0.4 is 0 Å². The van der Waals surface area contributed by atoms with Crippen molar-refractivity contribution in [1.29, 1.82) is 0 Å². The molecule has 4 saturated heterocycles. The van der Waals surface area contributed by atoms with E-state index >= 15 is 4.39 Å². The summed E-state index contributed by atoms with van der Waals surface area (Å²) < 4.78 is 15.6. The molecule has 4 aliphatic heterocycles. The summed E-state index contributed by atoms with van der Waals surface area (Å²) in [7, 11) is 0. The van der Waals surface area contributed by atoms with Crippen LogP contribution in [0.2, 0.25) is 0 Å². The normalized spacial score (nSPS) is 35.7. The van der Waals surface area contributed by atoms with E-state index in [2.05, 4.69) is 42.4 Å². The molecule has 0 aromatic rings. The maximum Gasteiger partial charge on any atom is 0.124 e. The third-order valence-corrected chi connectivity index (χ3v) is 9.22. The SMILES string of the molecule is CC(C)CC1(CN2CC3CC(C2)N3CC2(F)CC3(CCN(C(C)C)CC3)C2)CC1. The van der Waals surface area contributed by atoms with Crippen LogP contribution in [0.1, 0.15) is 79.1 Å². The topological polar surface area (TPSA) is 9.72 Å². The molecule has 2 atom stereocenters. The van der Waals surface area contributed by atoms with Crippen LogP contribution >= 0.6 is 0 Å². The fraction of sp³-hybridized carbons (Fsp3) is 1.00. The van der Waals surface area contributed by atoms with E-state index in [1.807, 2.05) is 0 Å². The van der Waals surface area contributed by atoms with E-state index in [0.29, 0.717) is 29.0 Å². The number of nitrogens with zero attached hydrogens (tertiary/aromatic N) is 3. The summed E-state index contributed by atoms with van der Waals surface area (Å²) in [5.41, 5.74) is 0.0745. The second kappa shape index (κ2) is 7.17. The zero-order valence-electron chi connectivity index (χ0n) is 19.4. The smallest absolute Gasteiger partial charge is 0.124 e. The summed E-state index contributed by atoms with van der Waals surface area (Å²) in [4.78, 5) is 7.87. The molecule has 0 N–H and O–H groups in total.